The van der Waals surface area contributed by atoms with Crippen molar-refractivity contribution in [2.75, 3.05) is 29.1 Å². The van der Waals surface area contributed by atoms with Gasteiger partial charge in [0, 0.05) is 18.1 Å². The summed E-state index contributed by atoms with van der Waals surface area (Å²) in [5.74, 6) is 1.30. The van der Waals surface area contributed by atoms with Gasteiger partial charge in [0.15, 0.2) is 11.6 Å². The molecule has 1 saturated heterocycles. The zero-order valence-corrected chi connectivity index (χ0v) is 15.8. The lowest BCUT2D eigenvalue weighted by molar-refractivity contribution is 0.0962. The highest BCUT2D eigenvalue weighted by molar-refractivity contribution is 6.36. The molecule has 1 aromatic carbocycles. The van der Waals surface area contributed by atoms with Crippen LogP contribution in [0.25, 0.3) is 0 Å². The summed E-state index contributed by atoms with van der Waals surface area (Å²) in [5.41, 5.74) is 12.2. The van der Waals surface area contributed by atoms with Gasteiger partial charge in [-0.05, 0) is 37.0 Å². The molecule has 2 heterocycles. The number of anilines is 3. The average molecular weight is 395 g/mol. The summed E-state index contributed by atoms with van der Waals surface area (Å²) in [5, 5.41) is 0.718. The van der Waals surface area contributed by atoms with Crippen LogP contribution < -0.4 is 21.5 Å². The van der Waals surface area contributed by atoms with Crippen LogP contribution in [0.4, 0.5) is 17.3 Å². The lowest BCUT2D eigenvalue weighted by Gasteiger charge is -2.32. The summed E-state index contributed by atoms with van der Waals surface area (Å²) in [6.07, 6.45) is 3.61. The predicted octanol–water partition coefficient (Wildman–Crippen LogP) is 3.36. The van der Waals surface area contributed by atoms with E-state index in [2.05, 4.69) is 32.6 Å². The normalized spacial score (nSPS) is 15.0. The van der Waals surface area contributed by atoms with E-state index in [9.17, 15) is 4.79 Å². The first-order valence-electron chi connectivity index (χ1n) is 8.32. The van der Waals surface area contributed by atoms with Crippen LogP contribution in [-0.4, -0.2) is 29.0 Å². The Morgan fingerprint density at radius 2 is 2.00 bits per heavy atom. The van der Waals surface area contributed by atoms with E-state index in [0.717, 1.165) is 25.9 Å². The molecule has 0 spiro atoms. The van der Waals surface area contributed by atoms with Crippen molar-refractivity contribution >= 4 is 46.4 Å². The molecule has 1 aliphatic heterocycles. The molecule has 9 heteroatoms. The van der Waals surface area contributed by atoms with Crippen molar-refractivity contribution in [1.29, 1.82) is 0 Å². The number of halogens is 2. The van der Waals surface area contributed by atoms with Crippen LogP contribution in [0.15, 0.2) is 24.5 Å². The van der Waals surface area contributed by atoms with Crippen LogP contribution in [-0.2, 0) is 0 Å². The van der Waals surface area contributed by atoms with E-state index in [0.29, 0.717) is 33.8 Å². The zero-order chi connectivity index (χ0) is 18.7. The number of piperidine rings is 1. The number of hydrogen-bond acceptors (Lipinski definition) is 6. The molecule has 2 aromatic rings. The van der Waals surface area contributed by atoms with Crippen molar-refractivity contribution in [1.82, 2.24) is 15.4 Å². The fraction of sp³-hybridized carbons (Fsp3) is 0.353. The third-order valence-electron chi connectivity index (χ3n) is 4.42. The van der Waals surface area contributed by atoms with Gasteiger partial charge in [0.25, 0.3) is 5.91 Å². The largest absolute Gasteiger partial charge is 0.393 e. The van der Waals surface area contributed by atoms with Crippen LogP contribution >= 0.6 is 23.2 Å². The van der Waals surface area contributed by atoms with Gasteiger partial charge >= 0.3 is 0 Å². The number of nitrogens with one attached hydrogen (secondary N) is 2. The van der Waals surface area contributed by atoms with Gasteiger partial charge in [-0.1, -0.05) is 30.1 Å². The number of rotatable bonds is 4. The van der Waals surface area contributed by atoms with E-state index in [1.807, 2.05) is 0 Å². The first kappa shape index (κ1) is 18.5. The molecule has 4 N–H and O–H groups in total. The zero-order valence-electron chi connectivity index (χ0n) is 14.3. The maximum absolute atomic E-state index is 12.3. The molecule has 138 valence electrons. The van der Waals surface area contributed by atoms with E-state index >= 15 is 0 Å². The van der Waals surface area contributed by atoms with Gasteiger partial charge in [-0.2, -0.15) is 0 Å². The van der Waals surface area contributed by atoms with Crippen LogP contribution in [0, 0.1) is 5.92 Å². The van der Waals surface area contributed by atoms with Crippen LogP contribution in [0.3, 0.4) is 0 Å². The summed E-state index contributed by atoms with van der Waals surface area (Å²) < 4.78 is 0. The number of nitrogen functional groups attached to an aromatic ring is 1. The summed E-state index contributed by atoms with van der Waals surface area (Å²) in [7, 11) is 0. The summed E-state index contributed by atoms with van der Waals surface area (Å²) in [6.45, 7) is 4.04. The SMILES string of the molecule is CC1CCN(c2ncnc(NNC(=O)c3ccc(Cl)cc3Cl)c2N)CC1. The number of aromatic nitrogens is 2. The van der Waals surface area contributed by atoms with Crippen molar-refractivity contribution in [2.24, 2.45) is 5.92 Å². The summed E-state index contributed by atoms with van der Waals surface area (Å²) >= 11 is 11.9. The minimum atomic E-state index is -0.418. The Kier molecular flexibility index (Phi) is 5.68. The molecule has 0 atom stereocenters. The van der Waals surface area contributed by atoms with Gasteiger partial charge in [-0.3, -0.25) is 15.6 Å². The second-order valence-corrected chi connectivity index (χ2v) is 7.18. The standard InChI is InChI=1S/C17H20Cl2N6O/c1-10-4-6-25(7-5-10)16-14(20)15(21-9-22-16)23-24-17(26)12-3-2-11(18)8-13(12)19/h2-3,8-10H,4-7,20H2,1H3,(H,24,26)(H,21,22,23). The summed E-state index contributed by atoms with van der Waals surface area (Å²) in [6, 6.07) is 4.65. The molecule has 26 heavy (non-hydrogen) atoms. The monoisotopic (exact) mass is 394 g/mol. The van der Waals surface area contributed by atoms with Crippen LogP contribution in [0.5, 0.6) is 0 Å². The Balaban J connectivity index is 1.70. The minimum absolute atomic E-state index is 0.260. The van der Waals surface area contributed by atoms with Gasteiger partial charge in [-0.25, -0.2) is 9.97 Å². The van der Waals surface area contributed by atoms with Gasteiger partial charge in [0.05, 0.1) is 10.6 Å². The number of amides is 1. The number of benzene rings is 1. The number of hydrazine groups is 1. The number of hydrogen-bond donors (Lipinski definition) is 3. The van der Waals surface area contributed by atoms with Crippen LogP contribution in [0.1, 0.15) is 30.1 Å². The molecule has 0 radical (unpaired) electrons. The highest BCUT2D eigenvalue weighted by atomic mass is 35.5. The van der Waals surface area contributed by atoms with Gasteiger partial charge in [0.1, 0.15) is 12.0 Å². The van der Waals surface area contributed by atoms with Crippen molar-refractivity contribution in [3.05, 3.63) is 40.1 Å². The Labute approximate surface area is 161 Å². The first-order chi connectivity index (χ1) is 12.5. The lowest BCUT2D eigenvalue weighted by Crippen LogP contribution is -2.35. The Bertz CT molecular complexity index is 808. The van der Waals surface area contributed by atoms with Crippen molar-refractivity contribution in [2.45, 2.75) is 19.8 Å². The Morgan fingerprint density at radius 1 is 1.27 bits per heavy atom. The highest BCUT2D eigenvalue weighted by Crippen LogP contribution is 2.29. The first-order valence-corrected chi connectivity index (χ1v) is 9.08. The molecule has 0 unspecified atom stereocenters. The molecule has 1 aliphatic rings. The quantitative estimate of drug-likeness (QED) is 0.687. The maximum atomic E-state index is 12.3. The molecule has 0 aliphatic carbocycles. The van der Waals surface area contributed by atoms with Gasteiger partial charge in [0.2, 0.25) is 0 Å². The van der Waals surface area contributed by atoms with Gasteiger partial charge in [-0.15, -0.1) is 0 Å². The van der Waals surface area contributed by atoms with E-state index < -0.39 is 5.91 Å². The molecule has 0 bridgehead atoms. The van der Waals surface area contributed by atoms with E-state index in [1.165, 1.54) is 12.4 Å². The lowest BCUT2D eigenvalue weighted by atomic mass is 9.99. The molecular weight excluding hydrogens is 375 g/mol. The van der Waals surface area contributed by atoms with Crippen molar-refractivity contribution < 1.29 is 4.79 Å². The predicted molar refractivity (Wildman–Crippen MR) is 105 cm³/mol. The third kappa shape index (κ3) is 4.11. The average Bonchev–Trinajstić information content (AvgIpc) is 2.61. The fourth-order valence-corrected chi connectivity index (χ4v) is 3.31. The molecular formula is C17H20Cl2N6O. The Morgan fingerprint density at radius 3 is 2.69 bits per heavy atom. The minimum Gasteiger partial charge on any atom is -0.393 e. The maximum Gasteiger partial charge on any atom is 0.271 e. The molecule has 1 aromatic heterocycles. The number of nitrogens with two attached hydrogens (primary N) is 1. The molecule has 3 rings (SSSR count). The van der Waals surface area contributed by atoms with E-state index in [-0.39, 0.29) is 5.02 Å². The fourth-order valence-electron chi connectivity index (χ4n) is 2.82. The van der Waals surface area contributed by atoms with Crippen LogP contribution in [0.2, 0.25) is 10.0 Å². The molecule has 1 amide bonds. The smallest absolute Gasteiger partial charge is 0.271 e. The topological polar surface area (TPSA) is 96.2 Å². The molecule has 0 saturated carbocycles. The number of nitrogens with zero attached hydrogens (tertiary/aromatic N) is 3. The number of carbonyl (C=O) groups is 1. The third-order valence-corrected chi connectivity index (χ3v) is 4.96. The van der Waals surface area contributed by atoms with Crippen molar-refractivity contribution in [3.8, 4) is 0 Å². The van der Waals surface area contributed by atoms with E-state index in [1.54, 1.807) is 12.1 Å². The van der Waals surface area contributed by atoms with E-state index in [4.69, 9.17) is 28.9 Å². The van der Waals surface area contributed by atoms with Crippen molar-refractivity contribution in [3.63, 3.8) is 0 Å². The Hall–Kier alpha value is -2.25. The second-order valence-electron chi connectivity index (χ2n) is 6.33. The second kappa shape index (κ2) is 7.97. The highest BCUT2D eigenvalue weighted by Gasteiger charge is 2.21. The van der Waals surface area contributed by atoms with Gasteiger partial charge < -0.3 is 10.6 Å². The molecule has 1 fully saturated rings. The number of carbonyl (C=O) groups excluding carboxylic acids is 1. The summed E-state index contributed by atoms with van der Waals surface area (Å²) in [4.78, 5) is 22.8. The molecule has 7 nitrogen and oxygen atoms in total.